The first-order valence-corrected chi connectivity index (χ1v) is 5.98. The lowest BCUT2D eigenvalue weighted by atomic mass is 9.80. The fourth-order valence-corrected chi connectivity index (χ4v) is 2.45. The molecule has 2 unspecified atom stereocenters. The molecule has 0 spiro atoms. The lowest BCUT2D eigenvalue weighted by Gasteiger charge is -2.28. The summed E-state index contributed by atoms with van der Waals surface area (Å²) in [6.07, 6.45) is 9.40. The molecule has 1 aromatic heterocycles. The molecule has 1 saturated carbocycles. The molecule has 1 fully saturated rings. The Morgan fingerprint density at radius 2 is 2.27 bits per heavy atom. The molecule has 15 heavy (non-hydrogen) atoms. The molecule has 0 aromatic carbocycles. The monoisotopic (exact) mass is 207 g/mol. The predicted octanol–water partition coefficient (Wildman–Crippen LogP) is 2.66. The summed E-state index contributed by atoms with van der Waals surface area (Å²) >= 11 is 0. The molecular weight excluding hydrogens is 186 g/mol. The highest BCUT2D eigenvalue weighted by atomic mass is 15.2. The highest BCUT2D eigenvalue weighted by Crippen LogP contribution is 2.29. The number of anilines is 1. The van der Waals surface area contributed by atoms with Crippen molar-refractivity contribution in [2.24, 2.45) is 18.9 Å². The number of aryl methyl sites for hydroxylation is 1. The third-order valence-electron chi connectivity index (χ3n) is 3.63. The largest absolute Gasteiger partial charge is 0.355 e. The molecule has 3 heteroatoms. The van der Waals surface area contributed by atoms with Gasteiger partial charge in [-0.2, -0.15) is 0 Å². The van der Waals surface area contributed by atoms with Crippen LogP contribution in [-0.4, -0.2) is 16.1 Å². The molecular formula is C12H21N3. The quantitative estimate of drug-likeness (QED) is 0.825. The van der Waals surface area contributed by atoms with E-state index in [1.54, 1.807) is 0 Å². The molecule has 1 heterocycles. The molecule has 1 aromatic rings. The van der Waals surface area contributed by atoms with Gasteiger partial charge in [0, 0.05) is 26.0 Å². The number of aromatic nitrogens is 2. The Kier molecular flexibility index (Phi) is 3.29. The van der Waals surface area contributed by atoms with Gasteiger partial charge in [0.1, 0.15) is 0 Å². The first kappa shape index (κ1) is 10.5. The maximum Gasteiger partial charge on any atom is 0.202 e. The molecule has 1 aliphatic rings. The first-order valence-electron chi connectivity index (χ1n) is 5.98. The minimum absolute atomic E-state index is 0.829. The Bertz CT molecular complexity index is 306. The summed E-state index contributed by atoms with van der Waals surface area (Å²) < 4.78 is 2.04. The third kappa shape index (κ3) is 2.52. The third-order valence-corrected chi connectivity index (χ3v) is 3.63. The molecule has 3 nitrogen and oxygen atoms in total. The van der Waals surface area contributed by atoms with E-state index in [9.17, 15) is 0 Å². The molecule has 0 saturated heterocycles. The molecule has 0 aliphatic heterocycles. The van der Waals surface area contributed by atoms with Gasteiger partial charge >= 0.3 is 0 Å². The van der Waals surface area contributed by atoms with Gasteiger partial charge in [0.05, 0.1) is 0 Å². The van der Waals surface area contributed by atoms with Gasteiger partial charge in [-0.15, -0.1) is 0 Å². The van der Waals surface area contributed by atoms with Crippen LogP contribution in [-0.2, 0) is 7.05 Å². The molecule has 84 valence electrons. The van der Waals surface area contributed by atoms with E-state index in [1.165, 1.54) is 25.7 Å². The second-order valence-electron chi connectivity index (χ2n) is 4.76. The van der Waals surface area contributed by atoms with E-state index in [4.69, 9.17) is 0 Å². The molecule has 2 atom stereocenters. The van der Waals surface area contributed by atoms with Crippen LogP contribution in [0.1, 0.15) is 32.6 Å². The Morgan fingerprint density at radius 1 is 1.47 bits per heavy atom. The van der Waals surface area contributed by atoms with Crippen LogP contribution in [0.25, 0.3) is 0 Å². The van der Waals surface area contributed by atoms with Crippen LogP contribution in [0.2, 0.25) is 0 Å². The molecule has 0 bridgehead atoms. The van der Waals surface area contributed by atoms with Gasteiger partial charge in [-0.25, -0.2) is 4.98 Å². The number of rotatable bonds is 3. The van der Waals surface area contributed by atoms with Crippen molar-refractivity contribution in [1.29, 1.82) is 0 Å². The summed E-state index contributed by atoms with van der Waals surface area (Å²) in [5.74, 6) is 2.69. The fraction of sp³-hybridized carbons (Fsp3) is 0.750. The summed E-state index contributed by atoms with van der Waals surface area (Å²) in [6.45, 7) is 3.45. The average Bonchev–Trinajstić information content (AvgIpc) is 2.63. The van der Waals surface area contributed by atoms with Crippen molar-refractivity contribution in [3.05, 3.63) is 12.4 Å². The number of nitrogens with one attached hydrogen (secondary N) is 1. The number of hydrogen-bond donors (Lipinski definition) is 1. The van der Waals surface area contributed by atoms with Crippen LogP contribution in [0, 0.1) is 11.8 Å². The number of imidazole rings is 1. The standard InChI is InChI=1S/C12H21N3/c1-10-5-3-4-6-11(10)9-14-12-13-7-8-15(12)2/h7-8,10-11H,3-6,9H2,1-2H3,(H,13,14). The lowest BCUT2D eigenvalue weighted by Crippen LogP contribution is -2.25. The van der Waals surface area contributed by atoms with Crippen molar-refractivity contribution in [1.82, 2.24) is 9.55 Å². The normalized spacial score (nSPS) is 26.5. The molecule has 0 radical (unpaired) electrons. The smallest absolute Gasteiger partial charge is 0.202 e. The van der Waals surface area contributed by atoms with Crippen molar-refractivity contribution in [2.75, 3.05) is 11.9 Å². The van der Waals surface area contributed by atoms with E-state index in [0.717, 1.165) is 24.3 Å². The van der Waals surface area contributed by atoms with E-state index in [1.807, 2.05) is 24.0 Å². The van der Waals surface area contributed by atoms with E-state index in [2.05, 4.69) is 17.2 Å². The van der Waals surface area contributed by atoms with E-state index < -0.39 is 0 Å². The van der Waals surface area contributed by atoms with Crippen LogP contribution in [0.5, 0.6) is 0 Å². The summed E-state index contributed by atoms with van der Waals surface area (Å²) in [5, 5.41) is 3.44. The van der Waals surface area contributed by atoms with Crippen LogP contribution in [0.4, 0.5) is 5.95 Å². The van der Waals surface area contributed by atoms with Crippen molar-refractivity contribution >= 4 is 5.95 Å². The maximum absolute atomic E-state index is 4.28. The Hall–Kier alpha value is -0.990. The van der Waals surface area contributed by atoms with Gasteiger partial charge in [-0.1, -0.05) is 26.2 Å². The van der Waals surface area contributed by atoms with Crippen molar-refractivity contribution < 1.29 is 0 Å². The summed E-state index contributed by atoms with van der Waals surface area (Å²) in [4.78, 5) is 4.28. The van der Waals surface area contributed by atoms with Crippen molar-refractivity contribution in [3.8, 4) is 0 Å². The lowest BCUT2D eigenvalue weighted by molar-refractivity contribution is 0.268. The van der Waals surface area contributed by atoms with Crippen LogP contribution < -0.4 is 5.32 Å². The molecule has 2 rings (SSSR count). The first-order chi connectivity index (χ1) is 7.27. The van der Waals surface area contributed by atoms with Crippen LogP contribution in [0.15, 0.2) is 12.4 Å². The molecule has 0 amide bonds. The van der Waals surface area contributed by atoms with Gasteiger partial charge in [0.2, 0.25) is 5.95 Å². The Balaban J connectivity index is 1.84. The maximum atomic E-state index is 4.28. The predicted molar refractivity (Wildman–Crippen MR) is 62.8 cm³/mol. The van der Waals surface area contributed by atoms with Gasteiger partial charge in [0.15, 0.2) is 0 Å². The zero-order chi connectivity index (χ0) is 10.7. The Labute approximate surface area is 91.9 Å². The molecule has 1 N–H and O–H groups in total. The number of hydrogen-bond acceptors (Lipinski definition) is 2. The highest BCUT2D eigenvalue weighted by molar-refractivity contribution is 5.25. The molecule has 1 aliphatic carbocycles. The van der Waals surface area contributed by atoms with Crippen LogP contribution in [0.3, 0.4) is 0 Å². The number of nitrogens with zero attached hydrogens (tertiary/aromatic N) is 2. The van der Waals surface area contributed by atoms with Gasteiger partial charge in [0.25, 0.3) is 0 Å². The SMILES string of the molecule is CC1CCCCC1CNc1nccn1C. The van der Waals surface area contributed by atoms with Crippen molar-refractivity contribution in [2.45, 2.75) is 32.6 Å². The van der Waals surface area contributed by atoms with Gasteiger partial charge in [-0.3, -0.25) is 0 Å². The zero-order valence-corrected chi connectivity index (χ0v) is 9.74. The zero-order valence-electron chi connectivity index (χ0n) is 9.74. The van der Waals surface area contributed by atoms with Crippen LogP contribution >= 0.6 is 0 Å². The topological polar surface area (TPSA) is 29.9 Å². The minimum atomic E-state index is 0.829. The summed E-state index contributed by atoms with van der Waals surface area (Å²) in [5.41, 5.74) is 0. The average molecular weight is 207 g/mol. The summed E-state index contributed by atoms with van der Waals surface area (Å²) in [7, 11) is 2.03. The minimum Gasteiger partial charge on any atom is -0.355 e. The fourth-order valence-electron chi connectivity index (χ4n) is 2.45. The van der Waals surface area contributed by atoms with E-state index >= 15 is 0 Å². The van der Waals surface area contributed by atoms with Crippen molar-refractivity contribution in [3.63, 3.8) is 0 Å². The van der Waals surface area contributed by atoms with Gasteiger partial charge in [-0.05, 0) is 18.3 Å². The van der Waals surface area contributed by atoms with E-state index in [-0.39, 0.29) is 0 Å². The Morgan fingerprint density at radius 3 is 2.93 bits per heavy atom. The summed E-state index contributed by atoms with van der Waals surface area (Å²) in [6, 6.07) is 0. The second kappa shape index (κ2) is 4.69. The van der Waals surface area contributed by atoms with Gasteiger partial charge < -0.3 is 9.88 Å². The second-order valence-corrected chi connectivity index (χ2v) is 4.76. The van der Waals surface area contributed by atoms with E-state index in [0.29, 0.717) is 0 Å². The highest BCUT2D eigenvalue weighted by Gasteiger charge is 2.21.